The van der Waals surface area contributed by atoms with Crippen LogP contribution in [0.3, 0.4) is 0 Å². The molecule has 2 aromatic rings. The molecule has 2 heterocycles. The Morgan fingerprint density at radius 2 is 2.22 bits per heavy atom. The Hall–Kier alpha value is -3.30. The molecule has 142 valence electrons. The normalized spacial score (nSPS) is 17.4. The topological polar surface area (TPSA) is 88.8 Å². The second kappa shape index (κ2) is 7.94. The van der Waals surface area contributed by atoms with Crippen LogP contribution >= 0.6 is 0 Å². The van der Waals surface area contributed by atoms with E-state index in [1.807, 2.05) is 0 Å². The number of nitrogens with zero attached hydrogens (tertiary/aromatic N) is 4. The van der Waals surface area contributed by atoms with Gasteiger partial charge < -0.3 is 10.2 Å². The molecular weight excluding hydrogens is 360 g/mol. The van der Waals surface area contributed by atoms with E-state index in [4.69, 9.17) is 4.84 Å². The van der Waals surface area contributed by atoms with Crippen molar-refractivity contribution in [2.45, 2.75) is 18.9 Å². The summed E-state index contributed by atoms with van der Waals surface area (Å²) >= 11 is 0. The number of oxime groups is 1. The number of anilines is 2. The van der Waals surface area contributed by atoms with Crippen molar-refractivity contribution in [2.75, 3.05) is 16.8 Å². The fourth-order valence-corrected chi connectivity index (χ4v) is 2.62. The van der Waals surface area contributed by atoms with Gasteiger partial charge in [0.1, 0.15) is 17.8 Å². The first-order chi connectivity index (χ1) is 12.9. The van der Waals surface area contributed by atoms with Gasteiger partial charge in [-0.25, -0.2) is 8.78 Å². The van der Waals surface area contributed by atoms with Crippen molar-refractivity contribution in [1.82, 2.24) is 9.78 Å². The number of carbonyl (C=O) groups is 2. The van der Waals surface area contributed by atoms with E-state index in [-0.39, 0.29) is 11.6 Å². The number of hydrogen-bond acceptors (Lipinski definition) is 5. The van der Waals surface area contributed by atoms with E-state index in [1.165, 1.54) is 4.90 Å². The molecule has 0 aliphatic carbocycles. The van der Waals surface area contributed by atoms with Crippen LogP contribution in [-0.2, 0) is 21.5 Å². The minimum absolute atomic E-state index is 0.192. The van der Waals surface area contributed by atoms with Gasteiger partial charge in [0.15, 0.2) is 5.82 Å². The van der Waals surface area contributed by atoms with Crippen molar-refractivity contribution in [3.63, 3.8) is 0 Å². The number of piperidine rings is 1. The fourth-order valence-electron chi connectivity index (χ4n) is 2.62. The molecule has 27 heavy (non-hydrogen) atoms. The maximum atomic E-state index is 13.5. The summed E-state index contributed by atoms with van der Waals surface area (Å²) in [6, 6.07) is 4.47. The first-order valence-electron chi connectivity index (χ1n) is 8.20. The Bertz CT molecular complexity index is 883. The summed E-state index contributed by atoms with van der Waals surface area (Å²) in [6.07, 6.45) is 2.82. The maximum absolute atomic E-state index is 13.5. The minimum atomic E-state index is -0.911. The van der Waals surface area contributed by atoms with Gasteiger partial charge in [-0.15, -0.1) is 0 Å². The van der Waals surface area contributed by atoms with Gasteiger partial charge in [0.2, 0.25) is 6.10 Å². The molecule has 1 aliphatic rings. The van der Waals surface area contributed by atoms with Crippen molar-refractivity contribution >= 4 is 29.5 Å². The van der Waals surface area contributed by atoms with Gasteiger partial charge in [0.25, 0.3) is 11.8 Å². The molecule has 1 atom stereocenters. The lowest BCUT2D eigenvalue weighted by Gasteiger charge is -2.29. The molecule has 0 spiro atoms. The van der Waals surface area contributed by atoms with Crippen LogP contribution in [0.25, 0.3) is 0 Å². The van der Waals surface area contributed by atoms with Gasteiger partial charge in [0.05, 0.1) is 5.69 Å². The van der Waals surface area contributed by atoms with E-state index in [0.717, 1.165) is 18.3 Å². The first-order valence-corrected chi connectivity index (χ1v) is 8.20. The predicted molar refractivity (Wildman–Crippen MR) is 93.1 cm³/mol. The molecular formula is C17H17F2N5O3. The van der Waals surface area contributed by atoms with Crippen LogP contribution in [0.1, 0.15) is 12.8 Å². The molecule has 8 nitrogen and oxygen atoms in total. The van der Waals surface area contributed by atoms with E-state index in [1.54, 1.807) is 24.0 Å². The molecule has 1 N–H and O–H groups in total. The van der Waals surface area contributed by atoms with Crippen LogP contribution in [0, 0.1) is 11.6 Å². The monoisotopic (exact) mass is 377 g/mol. The zero-order valence-electron chi connectivity index (χ0n) is 14.4. The summed E-state index contributed by atoms with van der Waals surface area (Å²) < 4.78 is 27.9. The summed E-state index contributed by atoms with van der Waals surface area (Å²) in [7, 11) is 1.75. The lowest BCUT2D eigenvalue weighted by molar-refractivity contribution is -0.132. The van der Waals surface area contributed by atoms with Crippen LogP contribution in [0.15, 0.2) is 35.6 Å². The number of benzene rings is 1. The number of halogens is 2. The molecule has 3 rings (SSSR count). The zero-order chi connectivity index (χ0) is 19.4. The van der Waals surface area contributed by atoms with Gasteiger partial charge in [-0.3, -0.25) is 19.2 Å². The summed E-state index contributed by atoms with van der Waals surface area (Å²) in [6.45, 7) is 0.518. The largest absolute Gasteiger partial charge is 0.382 e. The summed E-state index contributed by atoms with van der Waals surface area (Å²) in [5, 5.41) is 9.91. The Labute approximate surface area is 153 Å². The highest BCUT2D eigenvalue weighted by molar-refractivity contribution is 6.31. The van der Waals surface area contributed by atoms with Gasteiger partial charge in [-0.2, -0.15) is 5.10 Å². The number of nitrogens with one attached hydrogen (secondary N) is 1. The Kier molecular flexibility index (Phi) is 5.43. The highest BCUT2D eigenvalue weighted by atomic mass is 19.1. The van der Waals surface area contributed by atoms with Crippen LogP contribution < -0.4 is 10.2 Å². The van der Waals surface area contributed by atoms with Crippen LogP contribution in [0.4, 0.5) is 20.3 Å². The van der Waals surface area contributed by atoms with Gasteiger partial charge >= 0.3 is 0 Å². The third-order valence-corrected chi connectivity index (χ3v) is 3.91. The fraction of sp³-hybridized carbons (Fsp3) is 0.294. The minimum Gasteiger partial charge on any atom is -0.382 e. The van der Waals surface area contributed by atoms with Crippen molar-refractivity contribution < 1.29 is 23.2 Å². The molecule has 2 amide bonds. The maximum Gasteiger partial charge on any atom is 0.272 e. The summed E-state index contributed by atoms with van der Waals surface area (Å²) in [5.74, 6) is -2.22. The summed E-state index contributed by atoms with van der Waals surface area (Å²) in [5.41, 5.74) is -0.192. The number of amides is 2. The van der Waals surface area contributed by atoms with Crippen molar-refractivity contribution in [3.05, 3.63) is 42.1 Å². The molecule has 1 unspecified atom stereocenters. The van der Waals surface area contributed by atoms with Gasteiger partial charge in [-0.1, -0.05) is 5.16 Å². The number of aromatic nitrogens is 2. The van der Waals surface area contributed by atoms with E-state index >= 15 is 0 Å². The first kappa shape index (κ1) is 18.5. The van der Waals surface area contributed by atoms with Crippen molar-refractivity contribution in [3.8, 4) is 0 Å². The average molecular weight is 377 g/mol. The van der Waals surface area contributed by atoms with Gasteiger partial charge in [-0.05, 0) is 25.0 Å². The third kappa shape index (κ3) is 4.46. The van der Waals surface area contributed by atoms with E-state index in [2.05, 4.69) is 15.6 Å². The van der Waals surface area contributed by atoms with Crippen molar-refractivity contribution in [1.29, 1.82) is 0 Å². The van der Waals surface area contributed by atoms with Crippen LogP contribution in [0.5, 0.6) is 0 Å². The van der Waals surface area contributed by atoms with E-state index in [0.29, 0.717) is 31.3 Å². The molecule has 0 saturated carbocycles. The zero-order valence-corrected chi connectivity index (χ0v) is 14.4. The smallest absolute Gasteiger partial charge is 0.272 e. The molecule has 1 aromatic carbocycles. The number of aryl methyl sites for hydroxylation is 1. The standard InChI is InChI=1S/C17H17F2N5O3/c1-23-8-6-15(22-23)24-7-2-3-14(17(24)26)27-20-10-16(25)21-13-5-4-11(18)9-12(13)19/h4-6,8-10,14H,2-3,7H2,1H3,(H,21,25). The lowest BCUT2D eigenvalue weighted by Crippen LogP contribution is -2.45. The van der Waals surface area contributed by atoms with Gasteiger partial charge in [0, 0.05) is 31.9 Å². The van der Waals surface area contributed by atoms with Crippen LogP contribution in [-0.4, -0.2) is 40.5 Å². The number of carbonyl (C=O) groups excluding carboxylic acids is 2. The van der Waals surface area contributed by atoms with Crippen molar-refractivity contribution in [2.24, 2.45) is 12.2 Å². The van der Waals surface area contributed by atoms with E-state index < -0.39 is 23.6 Å². The Morgan fingerprint density at radius 1 is 1.41 bits per heavy atom. The Balaban J connectivity index is 1.56. The summed E-state index contributed by atoms with van der Waals surface area (Å²) in [4.78, 5) is 30.9. The third-order valence-electron chi connectivity index (χ3n) is 3.91. The second-order valence-corrected chi connectivity index (χ2v) is 5.92. The molecule has 0 radical (unpaired) electrons. The number of hydrogen-bond donors (Lipinski definition) is 1. The quantitative estimate of drug-likeness (QED) is 0.636. The highest BCUT2D eigenvalue weighted by Gasteiger charge is 2.32. The SMILES string of the molecule is Cn1ccc(N2CCCC(ON=CC(=O)Nc3ccc(F)cc3F)C2=O)n1. The second-order valence-electron chi connectivity index (χ2n) is 5.92. The molecule has 10 heteroatoms. The Morgan fingerprint density at radius 3 is 2.93 bits per heavy atom. The number of rotatable bonds is 5. The molecule has 0 bridgehead atoms. The predicted octanol–water partition coefficient (Wildman–Crippen LogP) is 1.83. The molecule has 1 aromatic heterocycles. The highest BCUT2D eigenvalue weighted by Crippen LogP contribution is 2.21. The lowest BCUT2D eigenvalue weighted by atomic mass is 10.1. The van der Waals surface area contributed by atoms with E-state index in [9.17, 15) is 18.4 Å². The molecule has 1 aliphatic heterocycles. The van der Waals surface area contributed by atoms with Crippen LogP contribution in [0.2, 0.25) is 0 Å². The average Bonchev–Trinajstić information content (AvgIpc) is 3.05. The molecule has 1 saturated heterocycles. The molecule has 1 fully saturated rings.